The molecule has 4 aromatic rings. The van der Waals surface area contributed by atoms with Gasteiger partial charge in [0.25, 0.3) is 5.91 Å². The summed E-state index contributed by atoms with van der Waals surface area (Å²) >= 11 is 1.34. The summed E-state index contributed by atoms with van der Waals surface area (Å²) < 4.78 is 26.5. The maximum absolute atomic E-state index is 14.3. The van der Waals surface area contributed by atoms with Gasteiger partial charge >= 0.3 is 0 Å². The molecule has 0 saturated heterocycles. The predicted molar refractivity (Wildman–Crippen MR) is 120 cm³/mol. The minimum atomic E-state index is -0.338. The zero-order valence-corrected chi connectivity index (χ0v) is 18.3. The second-order valence-corrected chi connectivity index (χ2v) is 8.01. The van der Waals surface area contributed by atoms with Crippen molar-refractivity contribution in [3.63, 3.8) is 0 Å². The van der Waals surface area contributed by atoms with Gasteiger partial charge in [-0.25, -0.2) is 4.39 Å². The van der Waals surface area contributed by atoms with Crippen molar-refractivity contribution in [2.45, 2.75) is 6.42 Å². The van der Waals surface area contributed by atoms with E-state index in [1.165, 1.54) is 17.4 Å². The second-order valence-electron chi connectivity index (χ2n) is 6.98. The first-order chi connectivity index (χ1) is 15.0. The van der Waals surface area contributed by atoms with Gasteiger partial charge in [0.05, 0.1) is 19.1 Å². The highest BCUT2D eigenvalue weighted by Crippen LogP contribution is 2.34. The number of halogens is 1. The molecule has 2 aromatic carbocycles. The highest BCUT2D eigenvalue weighted by molar-refractivity contribution is 7.20. The van der Waals surface area contributed by atoms with Crippen LogP contribution in [0.5, 0.6) is 11.5 Å². The van der Waals surface area contributed by atoms with Gasteiger partial charge in [0, 0.05) is 24.5 Å². The monoisotopic (exact) mass is 439 g/mol. The largest absolute Gasteiger partial charge is 0.493 e. The van der Waals surface area contributed by atoms with E-state index in [4.69, 9.17) is 9.47 Å². The molecule has 0 aliphatic rings. The maximum Gasteiger partial charge on any atom is 0.261 e. The Hall–Kier alpha value is -3.39. The van der Waals surface area contributed by atoms with Gasteiger partial charge in [0.2, 0.25) is 0 Å². The zero-order valence-electron chi connectivity index (χ0n) is 17.4. The Morgan fingerprint density at radius 2 is 1.90 bits per heavy atom. The van der Waals surface area contributed by atoms with Crippen LogP contribution in [0.4, 0.5) is 4.39 Å². The molecule has 2 heterocycles. The Labute approximate surface area is 183 Å². The van der Waals surface area contributed by atoms with E-state index in [2.05, 4.69) is 10.4 Å². The molecule has 4 rings (SSSR count). The Kier molecular flexibility index (Phi) is 5.90. The second kappa shape index (κ2) is 8.77. The highest BCUT2D eigenvalue weighted by atomic mass is 32.1. The topological polar surface area (TPSA) is 65.4 Å². The fourth-order valence-corrected chi connectivity index (χ4v) is 4.44. The lowest BCUT2D eigenvalue weighted by molar-refractivity contribution is 0.0958. The summed E-state index contributed by atoms with van der Waals surface area (Å²) in [5.74, 6) is 0.819. The fraction of sp³-hybridized carbons (Fsp3) is 0.217. The van der Waals surface area contributed by atoms with Gasteiger partial charge in [-0.2, -0.15) is 5.10 Å². The quantitative estimate of drug-likeness (QED) is 0.463. The van der Waals surface area contributed by atoms with Crippen molar-refractivity contribution in [1.82, 2.24) is 15.1 Å². The van der Waals surface area contributed by atoms with E-state index in [-0.39, 0.29) is 11.7 Å². The summed E-state index contributed by atoms with van der Waals surface area (Å²) in [7, 11) is 4.98. The maximum atomic E-state index is 14.3. The zero-order chi connectivity index (χ0) is 22.0. The molecular weight excluding hydrogens is 417 g/mol. The summed E-state index contributed by atoms with van der Waals surface area (Å²) in [4.78, 5) is 14.1. The number of rotatable bonds is 7. The molecule has 1 amide bonds. The Morgan fingerprint density at radius 3 is 2.65 bits per heavy atom. The van der Waals surface area contributed by atoms with Crippen LogP contribution < -0.4 is 14.8 Å². The number of hydrogen-bond donors (Lipinski definition) is 1. The molecule has 0 fully saturated rings. The van der Waals surface area contributed by atoms with Crippen LogP contribution in [0.3, 0.4) is 0 Å². The lowest BCUT2D eigenvalue weighted by Gasteiger charge is -2.10. The summed E-state index contributed by atoms with van der Waals surface area (Å²) in [6.07, 6.45) is 0.652. The molecule has 2 aromatic heterocycles. The molecule has 0 atom stereocenters. The number of methoxy groups -OCH3 is 2. The Morgan fingerprint density at radius 1 is 1.13 bits per heavy atom. The SMILES string of the molecule is COc1ccc(CCNC(=O)c2cc3c(-c4ccccc4F)nn(C)c3s2)cc1OC. The smallest absolute Gasteiger partial charge is 0.261 e. The molecule has 0 saturated carbocycles. The number of thiophene rings is 1. The number of aromatic nitrogens is 2. The molecule has 0 aliphatic carbocycles. The number of nitrogens with zero attached hydrogens (tertiary/aromatic N) is 2. The number of fused-ring (bicyclic) bond motifs is 1. The molecule has 0 spiro atoms. The fourth-order valence-electron chi connectivity index (χ4n) is 3.45. The molecule has 6 nitrogen and oxygen atoms in total. The third-order valence-electron chi connectivity index (χ3n) is 5.01. The van der Waals surface area contributed by atoms with E-state index < -0.39 is 0 Å². The van der Waals surface area contributed by atoms with Gasteiger partial charge < -0.3 is 14.8 Å². The van der Waals surface area contributed by atoms with Crippen LogP contribution in [0.15, 0.2) is 48.5 Å². The molecule has 0 aliphatic heterocycles. The van der Waals surface area contributed by atoms with Gasteiger partial charge in [-0.1, -0.05) is 18.2 Å². The van der Waals surface area contributed by atoms with Crippen molar-refractivity contribution in [1.29, 1.82) is 0 Å². The molecule has 160 valence electrons. The van der Waals surface area contributed by atoms with E-state index in [1.54, 1.807) is 50.2 Å². The van der Waals surface area contributed by atoms with E-state index >= 15 is 0 Å². The first-order valence-corrected chi connectivity index (χ1v) is 10.5. The van der Waals surface area contributed by atoms with E-state index in [0.717, 1.165) is 15.8 Å². The lowest BCUT2D eigenvalue weighted by Crippen LogP contribution is -2.24. The molecule has 0 unspecified atom stereocenters. The summed E-state index contributed by atoms with van der Waals surface area (Å²) in [5, 5.41) is 8.16. The normalized spacial score (nSPS) is 11.0. The van der Waals surface area contributed by atoms with Crippen molar-refractivity contribution in [3.05, 3.63) is 64.8 Å². The molecule has 1 N–H and O–H groups in total. The molecule has 0 radical (unpaired) electrons. The number of nitrogens with one attached hydrogen (secondary N) is 1. The van der Waals surface area contributed by atoms with Crippen LogP contribution in [-0.4, -0.2) is 36.5 Å². The molecule has 0 bridgehead atoms. The number of ether oxygens (including phenoxy) is 2. The molecule has 31 heavy (non-hydrogen) atoms. The van der Waals surface area contributed by atoms with Gasteiger partial charge in [-0.3, -0.25) is 9.48 Å². The average molecular weight is 440 g/mol. The number of hydrogen-bond acceptors (Lipinski definition) is 5. The third kappa shape index (κ3) is 4.11. The Bertz CT molecular complexity index is 1250. The third-order valence-corrected chi connectivity index (χ3v) is 6.21. The van der Waals surface area contributed by atoms with Gasteiger partial charge in [-0.15, -0.1) is 11.3 Å². The number of carbonyl (C=O) groups excluding carboxylic acids is 1. The Balaban J connectivity index is 1.49. The predicted octanol–water partition coefficient (Wildman–Crippen LogP) is 4.43. The first kappa shape index (κ1) is 20.9. The number of aryl methyl sites for hydroxylation is 1. The van der Waals surface area contributed by atoms with Gasteiger partial charge in [-0.05, 0) is 42.3 Å². The van der Waals surface area contributed by atoms with Crippen LogP contribution in [0.2, 0.25) is 0 Å². The van der Waals surface area contributed by atoms with Crippen molar-refractivity contribution in [2.75, 3.05) is 20.8 Å². The average Bonchev–Trinajstić information content (AvgIpc) is 3.35. The number of amides is 1. The van der Waals surface area contributed by atoms with Crippen molar-refractivity contribution in [2.24, 2.45) is 7.05 Å². The highest BCUT2D eigenvalue weighted by Gasteiger charge is 2.19. The number of carbonyl (C=O) groups is 1. The van der Waals surface area contributed by atoms with Gasteiger partial charge in [0.15, 0.2) is 11.5 Å². The lowest BCUT2D eigenvalue weighted by atomic mass is 10.1. The summed E-state index contributed by atoms with van der Waals surface area (Å²) in [5.41, 5.74) is 1.99. The van der Waals surface area contributed by atoms with Gasteiger partial charge in [0.1, 0.15) is 16.3 Å². The van der Waals surface area contributed by atoms with E-state index in [1.807, 2.05) is 18.2 Å². The van der Waals surface area contributed by atoms with Crippen LogP contribution >= 0.6 is 11.3 Å². The minimum Gasteiger partial charge on any atom is -0.493 e. The standard InChI is InChI=1S/C23H22FN3O3S/c1-27-23-16(21(26-27)15-6-4-5-7-17(15)24)13-20(31-23)22(28)25-11-10-14-8-9-18(29-2)19(12-14)30-3/h4-9,12-13H,10-11H2,1-3H3,(H,25,28). The summed E-state index contributed by atoms with van der Waals surface area (Å²) in [6, 6.07) is 14.0. The van der Waals surface area contributed by atoms with E-state index in [0.29, 0.717) is 40.6 Å². The van der Waals surface area contributed by atoms with Crippen LogP contribution in [-0.2, 0) is 13.5 Å². The van der Waals surface area contributed by atoms with E-state index in [9.17, 15) is 9.18 Å². The van der Waals surface area contributed by atoms with Crippen LogP contribution in [0, 0.1) is 5.82 Å². The van der Waals surface area contributed by atoms with Crippen molar-refractivity contribution >= 4 is 27.5 Å². The summed E-state index contributed by atoms with van der Waals surface area (Å²) in [6.45, 7) is 0.473. The molecule has 8 heteroatoms. The first-order valence-electron chi connectivity index (χ1n) is 9.72. The van der Waals surface area contributed by atoms with Crippen molar-refractivity contribution < 1.29 is 18.7 Å². The molecular formula is C23H22FN3O3S. The van der Waals surface area contributed by atoms with Crippen molar-refractivity contribution in [3.8, 4) is 22.8 Å². The number of benzene rings is 2. The minimum absolute atomic E-state index is 0.166. The van der Waals surface area contributed by atoms with Crippen LogP contribution in [0.1, 0.15) is 15.2 Å². The van der Waals surface area contributed by atoms with Crippen LogP contribution in [0.25, 0.3) is 21.5 Å².